The molecule has 0 saturated heterocycles. The van der Waals surface area contributed by atoms with Gasteiger partial charge in [0.25, 0.3) is 0 Å². The van der Waals surface area contributed by atoms with Gasteiger partial charge in [0.1, 0.15) is 0 Å². The molecule has 3 unspecified atom stereocenters. The van der Waals surface area contributed by atoms with Gasteiger partial charge in [-0.05, 0) is 46.6 Å². The van der Waals surface area contributed by atoms with E-state index in [1.165, 1.54) is 5.56 Å². The Hall–Kier alpha value is -0.900. The van der Waals surface area contributed by atoms with Crippen LogP contribution in [0.2, 0.25) is 0 Å². The van der Waals surface area contributed by atoms with Gasteiger partial charge in [0.2, 0.25) is 0 Å². The zero-order valence-electron chi connectivity index (χ0n) is 14.6. The summed E-state index contributed by atoms with van der Waals surface area (Å²) >= 11 is 0. The Morgan fingerprint density at radius 3 is 2.14 bits per heavy atom. The molecule has 1 aromatic rings. The van der Waals surface area contributed by atoms with Crippen molar-refractivity contribution in [3.05, 3.63) is 35.9 Å². The summed E-state index contributed by atoms with van der Waals surface area (Å²) in [7, 11) is 4.29. The molecule has 120 valence electrons. The standard InChI is InChI=1S/C18H33N3/c1-7-19-18(17-12-10-9-11-13-17)16(4)21(8-2)15(3)14-20(5)6/h9-13,15-16,18-19H,7-8,14H2,1-6H3. The Labute approximate surface area is 131 Å². The third kappa shape index (κ3) is 5.42. The van der Waals surface area contributed by atoms with Crippen molar-refractivity contribution in [2.45, 2.75) is 45.8 Å². The molecular weight excluding hydrogens is 258 g/mol. The average molecular weight is 291 g/mol. The fraction of sp³-hybridized carbons (Fsp3) is 0.667. The maximum absolute atomic E-state index is 3.67. The van der Waals surface area contributed by atoms with Crippen LogP contribution < -0.4 is 5.32 Å². The molecule has 0 bridgehead atoms. The smallest absolute Gasteiger partial charge is 0.0475 e. The van der Waals surface area contributed by atoms with Gasteiger partial charge < -0.3 is 10.2 Å². The molecule has 0 heterocycles. The van der Waals surface area contributed by atoms with Crippen LogP contribution in [0, 0.1) is 0 Å². The minimum Gasteiger partial charge on any atom is -0.309 e. The highest BCUT2D eigenvalue weighted by Crippen LogP contribution is 2.22. The summed E-state index contributed by atoms with van der Waals surface area (Å²) in [6.45, 7) is 12.3. The van der Waals surface area contributed by atoms with E-state index in [4.69, 9.17) is 0 Å². The van der Waals surface area contributed by atoms with Crippen molar-refractivity contribution in [2.75, 3.05) is 33.7 Å². The van der Waals surface area contributed by atoms with Crippen molar-refractivity contribution < 1.29 is 0 Å². The minimum atomic E-state index is 0.376. The quantitative estimate of drug-likeness (QED) is 0.754. The van der Waals surface area contributed by atoms with Crippen LogP contribution >= 0.6 is 0 Å². The van der Waals surface area contributed by atoms with E-state index in [9.17, 15) is 0 Å². The van der Waals surface area contributed by atoms with Gasteiger partial charge in [-0.2, -0.15) is 0 Å². The highest BCUT2D eigenvalue weighted by Gasteiger charge is 2.26. The Balaban J connectivity index is 2.89. The van der Waals surface area contributed by atoms with Crippen molar-refractivity contribution >= 4 is 0 Å². The van der Waals surface area contributed by atoms with Crippen LogP contribution in [0.5, 0.6) is 0 Å². The van der Waals surface area contributed by atoms with Crippen LogP contribution in [-0.2, 0) is 0 Å². The minimum absolute atomic E-state index is 0.376. The lowest BCUT2D eigenvalue weighted by Gasteiger charge is -2.39. The van der Waals surface area contributed by atoms with Crippen molar-refractivity contribution in [3.8, 4) is 0 Å². The van der Waals surface area contributed by atoms with Gasteiger partial charge in [-0.1, -0.05) is 44.2 Å². The van der Waals surface area contributed by atoms with E-state index in [0.717, 1.165) is 19.6 Å². The SMILES string of the molecule is CCNC(c1ccccc1)C(C)N(CC)C(C)CN(C)C. The molecule has 0 aliphatic rings. The van der Waals surface area contributed by atoms with Crippen LogP contribution in [0.25, 0.3) is 0 Å². The molecule has 0 aromatic heterocycles. The lowest BCUT2D eigenvalue weighted by molar-refractivity contribution is 0.111. The number of rotatable bonds is 9. The molecule has 0 aliphatic heterocycles. The van der Waals surface area contributed by atoms with Gasteiger partial charge in [0.05, 0.1) is 0 Å². The molecule has 1 rings (SSSR count). The lowest BCUT2D eigenvalue weighted by atomic mass is 9.98. The highest BCUT2D eigenvalue weighted by atomic mass is 15.2. The Morgan fingerprint density at radius 1 is 1.05 bits per heavy atom. The predicted octanol–water partition coefficient (Wildman–Crippen LogP) is 3.00. The van der Waals surface area contributed by atoms with Gasteiger partial charge in [0, 0.05) is 24.7 Å². The van der Waals surface area contributed by atoms with Gasteiger partial charge in [0.15, 0.2) is 0 Å². The normalized spacial score (nSPS) is 16.2. The third-order valence-corrected chi connectivity index (χ3v) is 4.15. The molecule has 3 atom stereocenters. The number of hydrogen-bond acceptors (Lipinski definition) is 3. The molecular formula is C18H33N3. The maximum atomic E-state index is 3.67. The van der Waals surface area contributed by atoms with Crippen LogP contribution in [0.15, 0.2) is 30.3 Å². The largest absolute Gasteiger partial charge is 0.309 e. The first-order valence-corrected chi connectivity index (χ1v) is 8.20. The van der Waals surface area contributed by atoms with Gasteiger partial charge in [-0.25, -0.2) is 0 Å². The Kier molecular flexibility index (Phi) is 7.94. The average Bonchev–Trinajstić information content (AvgIpc) is 2.45. The van der Waals surface area contributed by atoms with E-state index in [-0.39, 0.29) is 0 Å². The highest BCUT2D eigenvalue weighted by molar-refractivity contribution is 5.20. The van der Waals surface area contributed by atoms with Gasteiger partial charge in [-0.3, -0.25) is 4.90 Å². The molecule has 3 nitrogen and oxygen atoms in total. The van der Waals surface area contributed by atoms with E-state index in [0.29, 0.717) is 18.1 Å². The fourth-order valence-electron chi connectivity index (χ4n) is 3.27. The van der Waals surface area contributed by atoms with Crippen LogP contribution in [0.4, 0.5) is 0 Å². The molecule has 1 aromatic carbocycles. The van der Waals surface area contributed by atoms with E-state index >= 15 is 0 Å². The van der Waals surface area contributed by atoms with E-state index in [2.05, 4.69) is 87.2 Å². The molecule has 0 fully saturated rings. The molecule has 0 radical (unpaired) electrons. The second-order valence-corrected chi connectivity index (χ2v) is 6.13. The molecule has 3 heteroatoms. The molecule has 0 aliphatic carbocycles. The topological polar surface area (TPSA) is 18.5 Å². The van der Waals surface area contributed by atoms with Crippen LogP contribution in [0.3, 0.4) is 0 Å². The predicted molar refractivity (Wildman–Crippen MR) is 92.7 cm³/mol. The van der Waals surface area contributed by atoms with Gasteiger partial charge in [-0.15, -0.1) is 0 Å². The summed E-state index contributed by atoms with van der Waals surface area (Å²) in [6, 6.07) is 12.2. The number of likely N-dealkylation sites (N-methyl/N-ethyl adjacent to an activating group) is 3. The van der Waals surface area contributed by atoms with Crippen LogP contribution in [0.1, 0.15) is 39.3 Å². The third-order valence-electron chi connectivity index (χ3n) is 4.15. The number of benzene rings is 1. The summed E-state index contributed by atoms with van der Waals surface area (Å²) in [6.07, 6.45) is 0. The molecule has 0 amide bonds. The van der Waals surface area contributed by atoms with Crippen molar-refractivity contribution in [1.29, 1.82) is 0 Å². The second kappa shape index (κ2) is 9.19. The van der Waals surface area contributed by atoms with Gasteiger partial charge >= 0.3 is 0 Å². The van der Waals surface area contributed by atoms with Crippen molar-refractivity contribution in [3.63, 3.8) is 0 Å². The Morgan fingerprint density at radius 2 is 1.67 bits per heavy atom. The molecule has 21 heavy (non-hydrogen) atoms. The summed E-state index contributed by atoms with van der Waals surface area (Å²) < 4.78 is 0. The summed E-state index contributed by atoms with van der Waals surface area (Å²) in [5, 5.41) is 3.67. The number of nitrogens with one attached hydrogen (secondary N) is 1. The number of nitrogens with zero attached hydrogens (tertiary/aromatic N) is 2. The first-order valence-electron chi connectivity index (χ1n) is 8.20. The van der Waals surface area contributed by atoms with Crippen molar-refractivity contribution in [1.82, 2.24) is 15.1 Å². The Bertz CT molecular complexity index is 377. The summed E-state index contributed by atoms with van der Waals surface area (Å²) in [4.78, 5) is 4.87. The molecule has 0 saturated carbocycles. The zero-order valence-corrected chi connectivity index (χ0v) is 14.6. The summed E-state index contributed by atoms with van der Waals surface area (Å²) in [5.41, 5.74) is 1.38. The number of hydrogen-bond donors (Lipinski definition) is 1. The maximum Gasteiger partial charge on any atom is 0.0475 e. The zero-order chi connectivity index (χ0) is 15.8. The van der Waals surface area contributed by atoms with E-state index in [1.54, 1.807) is 0 Å². The monoisotopic (exact) mass is 291 g/mol. The lowest BCUT2D eigenvalue weighted by Crippen LogP contribution is -2.49. The molecule has 0 spiro atoms. The van der Waals surface area contributed by atoms with Crippen molar-refractivity contribution in [2.24, 2.45) is 0 Å². The molecule has 1 N–H and O–H groups in total. The van der Waals surface area contributed by atoms with Crippen LogP contribution in [-0.4, -0.2) is 55.6 Å². The second-order valence-electron chi connectivity index (χ2n) is 6.13. The first-order chi connectivity index (χ1) is 10.0. The van der Waals surface area contributed by atoms with E-state index < -0.39 is 0 Å². The fourth-order valence-corrected chi connectivity index (χ4v) is 3.27. The first kappa shape index (κ1) is 18.1. The summed E-state index contributed by atoms with van der Waals surface area (Å²) in [5.74, 6) is 0. The van der Waals surface area contributed by atoms with E-state index in [1.807, 2.05) is 0 Å².